The number of hydrogen-bond acceptors (Lipinski definition) is 3. The third-order valence-electron chi connectivity index (χ3n) is 2.68. The summed E-state index contributed by atoms with van der Waals surface area (Å²) in [6, 6.07) is 3.88. The second-order valence-corrected chi connectivity index (χ2v) is 5.95. The molecule has 1 aromatic heterocycles. The predicted molar refractivity (Wildman–Crippen MR) is 70.0 cm³/mol. The normalized spacial score (nSPS) is 11.5. The van der Waals surface area contributed by atoms with Crippen molar-refractivity contribution in [1.29, 1.82) is 0 Å². The second-order valence-electron chi connectivity index (χ2n) is 4.30. The summed E-state index contributed by atoms with van der Waals surface area (Å²) in [5.74, 6) is 0. The minimum atomic E-state index is -3.60. The summed E-state index contributed by atoms with van der Waals surface area (Å²) in [6.45, 7) is 5.74. The Kier molecular flexibility index (Phi) is 3.13. The number of nitrogens with one attached hydrogen (secondary N) is 2. The number of hydrogen-bond donors (Lipinski definition) is 2. The van der Waals surface area contributed by atoms with Crippen LogP contribution >= 0.6 is 0 Å². The lowest BCUT2D eigenvalue weighted by molar-refractivity contribution is 0.598. The van der Waals surface area contributed by atoms with Crippen LogP contribution in [0.25, 0.3) is 0 Å². The molecule has 0 amide bonds. The van der Waals surface area contributed by atoms with Crippen LogP contribution in [-0.4, -0.2) is 18.4 Å². The van der Waals surface area contributed by atoms with Crippen molar-refractivity contribution in [1.82, 2.24) is 9.97 Å². The van der Waals surface area contributed by atoms with Crippen LogP contribution in [0.2, 0.25) is 0 Å². The lowest BCUT2D eigenvalue weighted by Gasteiger charge is -2.13. The van der Waals surface area contributed by atoms with Gasteiger partial charge in [0.25, 0.3) is 10.0 Å². The first kappa shape index (κ1) is 12.6. The SMILES string of the molecule is Cc1cc(C)c(NS(=O)(=O)c2cnc[nH]2)c(C)c1. The van der Waals surface area contributed by atoms with E-state index in [0.29, 0.717) is 5.69 Å². The standard InChI is InChI=1S/C12H15N3O2S/c1-8-4-9(2)12(10(3)5-8)15-18(16,17)11-6-13-7-14-11/h4-7,15H,1-3H3,(H,13,14). The van der Waals surface area contributed by atoms with Crippen LogP contribution in [0.3, 0.4) is 0 Å². The summed E-state index contributed by atoms with van der Waals surface area (Å²) < 4.78 is 26.7. The number of rotatable bonds is 3. The zero-order chi connectivity index (χ0) is 13.3. The van der Waals surface area contributed by atoms with Crippen molar-refractivity contribution in [3.05, 3.63) is 41.3 Å². The summed E-state index contributed by atoms with van der Waals surface area (Å²) in [5.41, 5.74) is 3.52. The summed E-state index contributed by atoms with van der Waals surface area (Å²) >= 11 is 0. The lowest BCUT2D eigenvalue weighted by atomic mass is 10.1. The Labute approximate surface area is 106 Å². The van der Waals surface area contributed by atoms with E-state index in [2.05, 4.69) is 14.7 Å². The molecule has 0 bridgehead atoms. The van der Waals surface area contributed by atoms with Crippen LogP contribution in [0.5, 0.6) is 0 Å². The molecular weight excluding hydrogens is 250 g/mol. The average Bonchev–Trinajstić information content (AvgIpc) is 2.77. The molecule has 0 saturated heterocycles. The van der Waals surface area contributed by atoms with Gasteiger partial charge in [-0.1, -0.05) is 17.7 Å². The number of sulfonamides is 1. The van der Waals surface area contributed by atoms with E-state index in [1.807, 2.05) is 32.9 Å². The summed E-state index contributed by atoms with van der Waals surface area (Å²) in [7, 11) is -3.60. The van der Waals surface area contributed by atoms with Gasteiger partial charge in [-0.05, 0) is 31.9 Å². The molecule has 5 nitrogen and oxygen atoms in total. The molecule has 2 rings (SSSR count). The number of benzene rings is 1. The van der Waals surface area contributed by atoms with Crippen molar-refractivity contribution in [3.63, 3.8) is 0 Å². The molecule has 0 spiro atoms. The van der Waals surface area contributed by atoms with Crippen molar-refractivity contribution < 1.29 is 8.42 Å². The first-order valence-corrected chi connectivity index (χ1v) is 6.97. The van der Waals surface area contributed by atoms with Gasteiger partial charge in [-0.2, -0.15) is 8.42 Å². The average molecular weight is 265 g/mol. The van der Waals surface area contributed by atoms with E-state index >= 15 is 0 Å². The minimum Gasteiger partial charge on any atom is -0.334 e. The number of imidazole rings is 1. The van der Waals surface area contributed by atoms with Gasteiger partial charge >= 0.3 is 0 Å². The first-order chi connectivity index (χ1) is 8.40. The largest absolute Gasteiger partial charge is 0.334 e. The molecule has 0 atom stereocenters. The van der Waals surface area contributed by atoms with E-state index in [0.717, 1.165) is 16.7 Å². The van der Waals surface area contributed by atoms with Gasteiger partial charge in [-0.3, -0.25) is 4.72 Å². The molecule has 2 aromatic rings. The van der Waals surface area contributed by atoms with Crippen LogP contribution in [0.4, 0.5) is 5.69 Å². The van der Waals surface area contributed by atoms with Crippen molar-refractivity contribution in [3.8, 4) is 0 Å². The van der Waals surface area contributed by atoms with E-state index < -0.39 is 10.0 Å². The van der Waals surface area contributed by atoms with Crippen LogP contribution in [0, 0.1) is 20.8 Å². The number of aryl methyl sites for hydroxylation is 3. The summed E-state index contributed by atoms with van der Waals surface area (Å²) in [5, 5.41) is 0.0573. The maximum Gasteiger partial charge on any atom is 0.278 e. The van der Waals surface area contributed by atoms with E-state index in [9.17, 15) is 8.42 Å². The van der Waals surface area contributed by atoms with Crippen molar-refractivity contribution in [2.45, 2.75) is 25.8 Å². The predicted octanol–water partition coefficient (Wildman–Crippen LogP) is 2.14. The Morgan fingerprint density at radius 2 is 1.78 bits per heavy atom. The van der Waals surface area contributed by atoms with Crippen LogP contribution in [0.15, 0.2) is 29.7 Å². The van der Waals surface area contributed by atoms with E-state index in [4.69, 9.17) is 0 Å². The number of aromatic nitrogens is 2. The maximum absolute atomic E-state index is 12.1. The smallest absolute Gasteiger partial charge is 0.278 e. The van der Waals surface area contributed by atoms with E-state index in [1.165, 1.54) is 12.5 Å². The highest BCUT2D eigenvalue weighted by Gasteiger charge is 2.17. The second kappa shape index (κ2) is 4.45. The Balaban J connectivity index is 2.42. The van der Waals surface area contributed by atoms with Gasteiger partial charge < -0.3 is 4.98 Å². The lowest BCUT2D eigenvalue weighted by Crippen LogP contribution is -2.15. The quantitative estimate of drug-likeness (QED) is 0.892. The Morgan fingerprint density at radius 1 is 1.17 bits per heavy atom. The molecule has 18 heavy (non-hydrogen) atoms. The fourth-order valence-corrected chi connectivity index (χ4v) is 3.03. The number of aromatic amines is 1. The van der Waals surface area contributed by atoms with Gasteiger partial charge in [0.2, 0.25) is 0 Å². The molecule has 0 radical (unpaired) electrons. The molecule has 0 saturated carbocycles. The Hall–Kier alpha value is -1.82. The zero-order valence-electron chi connectivity index (χ0n) is 10.5. The monoisotopic (exact) mass is 265 g/mol. The number of H-pyrrole nitrogens is 1. The van der Waals surface area contributed by atoms with Gasteiger partial charge in [0, 0.05) is 0 Å². The van der Waals surface area contributed by atoms with E-state index in [-0.39, 0.29) is 5.03 Å². The topological polar surface area (TPSA) is 74.8 Å². The fraction of sp³-hybridized carbons (Fsp3) is 0.250. The molecule has 0 aliphatic rings. The minimum absolute atomic E-state index is 0.0573. The molecule has 0 fully saturated rings. The maximum atomic E-state index is 12.1. The van der Waals surface area contributed by atoms with Gasteiger partial charge in [-0.15, -0.1) is 0 Å². The highest BCUT2D eigenvalue weighted by Crippen LogP contribution is 2.24. The fourth-order valence-electron chi connectivity index (χ4n) is 1.92. The molecule has 0 aliphatic heterocycles. The van der Waals surface area contributed by atoms with Crippen LogP contribution < -0.4 is 4.72 Å². The molecule has 96 valence electrons. The van der Waals surface area contributed by atoms with Crippen molar-refractivity contribution >= 4 is 15.7 Å². The van der Waals surface area contributed by atoms with Gasteiger partial charge in [0.15, 0.2) is 5.03 Å². The first-order valence-electron chi connectivity index (χ1n) is 5.49. The Morgan fingerprint density at radius 3 is 2.28 bits per heavy atom. The number of nitrogens with zero attached hydrogens (tertiary/aromatic N) is 1. The van der Waals surface area contributed by atoms with Gasteiger partial charge in [0.05, 0.1) is 18.2 Å². The molecule has 1 heterocycles. The molecule has 0 aliphatic carbocycles. The Bertz CT molecular complexity index is 638. The van der Waals surface area contributed by atoms with Crippen molar-refractivity contribution in [2.75, 3.05) is 4.72 Å². The van der Waals surface area contributed by atoms with Gasteiger partial charge in [-0.25, -0.2) is 4.98 Å². The molecule has 1 aromatic carbocycles. The van der Waals surface area contributed by atoms with Crippen LogP contribution in [-0.2, 0) is 10.0 Å². The highest BCUT2D eigenvalue weighted by molar-refractivity contribution is 7.92. The number of anilines is 1. The summed E-state index contributed by atoms with van der Waals surface area (Å²) in [6.07, 6.45) is 2.62. The molecular formula is C12H15N3O2S. The molecule has 0 unspecified atom stereocenters. The van der Waals surface area contributed by atoms with Crippen LogP contribution in [0.1, 0.15) is 16.7 Å². The van der Waals surface area contributed by atoms with Gasteiger partial charge in [0.1, 0.15) is 0 Å². The highest BCUT2D eigenvalue weighted by atomic mass is 32.2. The molecule has 2 N–H and O–H groups in total. The zero-order valence-corrected chi connectivity index (χ0v) is 11.3. The van der Waals surface area contributed by atoms with E-state index in [1.54, 1.807) is 0 Å². The molecule has 6 heteroatoms. The van der Waals surface area contributed by atoms with Crippen molar-refractivity contribution in [2.24, 2.45) is 0 Å². The third kappa shape index (κ3) is 2.38. The third-order valence-corrected chi connectivity index (χ3v) is 3.95. The summed E-state index contributed by atoms with van der Waals surface area (Å²) in [4.78, 5) is 6.30.